The molecule has 6 heteroatoms. The van der Waals surface area contributed by atoms with Crippen LogP contribution in [0.25, 0.3) is 6.08 Å². The quantitative estimate of drug-likeness (QED) is 0.825. The van der Waals surface area contributed by atoms with Gasteiger partial charge in [-0.3, -0.25) is 4.90 Å². The van der Waals surface area contributed by atoms with E-state index in [1.165, 1.54) is 9.87 Å². The third-order valence-corrected chi connectivity index (χ3v) is 5.60. The molecule has 1 atom stereocenters. The van der Waals surface area contributed by atoms with Crippen LogP contribution in [0.1, 0.15) is 18.4 Å². The normalized spacial score (nSPS) is 20.4. The van der Waals surface area contributed by atoms with Gasteiger partial charge in [0.15, 0.2) is 0 Å². The first-order valence-electron chi connectivity index (χ1n) is 8.08. The molecule has 1 aromatic rings. The molecule has 1 aromatic carbocycles. The van der Waals surface area contributed by atoms with Gasteiger partial charge in [0.1, 0.15) is 0 Å². The van der Waals surface area contributed by atoms with E-state index in [-0.39, 0.29) is 0 Å². The highest BCUT2D eigenvalue weighted by Gasteiger charge is 2.21. The molecule has 0 radical (unpaired) electrons. The van der Waals surface area contributed by atoms with Crippen molar-refractivity contribution in [3.05, 3.63) is 42.0 Å². The van der Waals surface area contributed by atoms with E-state index in [1.807, 2.05) is 18.2 Å². The Morgan fingerprint density at radius 1 is 1.30 bits per heavy atom. The summed E-state index contributed by atoms with van der Waals surface area (Å²) in [4.78, 5) is 2.39. The van der Waals surface area contributed by atoms with Gasteiger partial charge in [-0.15, -0.1) is 0 Å². The van der Waals surface area contributed by atoms with Gasteiger partial charge < -0.3 is 0 Å². The lowest BCUT2D eigenvalue weighted by molar-refractivity contribution is 0.192. The summed E-state index contributed by atoms with van der Waals surface area (Å²) in [6, 6.07) is 10.3. The highest BCUT2D eigenvalue weighted by atomic mass is 32.2. The molecule has 1 saturated heterocycles. The van der Waals surface area contributed by atoms with Gasteiger partial charge in [-0.1, -0.05) is 42.5 Å². The third-order valence-electron chi connectivity index (χ3n) is 4.11. The summed E-state index contributed by atoms with van der Waals surface area (Å²) in [5.41, 5.74) is 1.21. The molecule has 128 valence electrons. The third kappa shape index (κ3) is 6.06. The van der Waals surface area contributed by atoms with Crippen LogP contribution in [-0.2, 0) is 10.2 Å². The van der Waals surface area contributed by atoms with Crippen molar-refractivity contribution in [1.82, 2.24) is 13.9 Å². The van der Waals surface area contributed by atoms with Crippen LogP contribution in [-0.4, -0.2) is 57.9 Å². The van der Waals surface area contributed by atoms with E-state index in [0.717, 1.165) is 32.5 Å². The van der Waals surface area contributed by atoms with Crippen molar-refractivity contribution in [3.8, 4) is 0 Å². The fraction of sp³-hybridized carbons (Fsp3) is 0.529. The largest absolute Gasteiger partial charge is 0.299 e. The van der Waals surface area contributed by atoms with Crippen LogP contribution < -0.4 is 4.72 Å². The second kappa shape index (κ2) is 8.59. The van der Waals surface area contributed by atoms with Crippen LogP contribution in [0.15, 0.2) is 36.4 Å². The number of hydrogen-bond acceptors (Lipinski definition) is 3. The van der Waals surface area contributed by atoms with E-state index < -0.39 is 10.2 Å². The Hall–Kier alpha value is -1.21. The predicted octanol–water partition coefficient (Wildman–Crippen LogP) is 1.81. The van der Waals surface area contributed by atoms with Gasteiger partial charge in [0, 0.05) is 33.7 Å². The SMILES string of the molecule is CN(C)S(=O)(=O)NCC1CCCN(C/C=C/c2ccccc2)C1. The molecule has 1 unspecified atom stereocenters. The number of likely N-dealkylation sites (tertiary alicyclic amines) is 1. The van der Waals surface area contributed by atoms with E-state index in [9.17, 15) is 8.42 Å². The molecule has 1 aliphatic rings. The Morgan fingerprint density at radius 2 is 2.04 bits per heavy atom. The zero-order valence-electron chi connectivity index (χ0n) is 14.0. The van der Waals surface area contributed by atoms with Crippen LogP contribution in [0.3, 0.4) is 0 Å². The van der Waals surface area contributed by atoms with E-state index in [0.29, 0.717) is 12.5 Å². The van der Waals surface area contributed by atoms with Crippen LogP contribution >= 0.6 is 0 Å². The lowest BCUT2D eigenvalue weighted by atomic mass is 9.98. The smallest absolute Gasteiger partial charge is 0.278 e. The number of piperidine rings is 1. The van der Waals surface area contributed by atoms with Gasteiger partial charge in [0.05, 0.1) is 0 Å². The number of rotatable bonds is 7. The monoisotopic (exact) mass is 337 g/mol. The van der Waals surface area contributed by atoms with Crippen molar-refractivity contribution >= 4 is 16.3 Å². The summed E-state index contributed by atoms with van der Waals surface area (Å²) in [6.45, 7) is 3.44. The lowest BCUT2D eigenvalue weighted by Crippen LogP contribution is -2.43. The maximum Gasteiger partial charge on any atom is 0.278 e. The molecule has 0 saturated carbocycles. The molecule has 1 aliphatic heterocycles. The first-order chi connectivity index (χ1) is 11.0. The predicted molar refractivity (Wildman–Crippen MR) is 95.2 cm³/mol. The highest BCUT2D eigenvalue weighted by molar-refractivity contribution is 7.87. The van der Waals surface area contributed by atoms with Gasteiger partial charge in [0.2, 0.25) is 0 Å². The maximum atomic E-state index is 11.8. The topological polar surface area (TPSA) is 52.7 Å². The molecule has 1 N–H and O–H groups in total. The van der Waals surface area contributed by atoms with Gasteiger partial charge in [0.25, 0.3) is 10.2 Å². The number of benzene rings is 1. The Bertz CT molecular complexity index is 600. The molecule has 0 aromatic heterocycles. The Morgan fingerprint density at radius 3 is 2.74 bits per heavy atom. The van der Waals surface area contributed by atoms with E-state index in [4.69, 9.17) is 0 Å². The van der Waals surface area contributed by atoms with Crippen molar-refractivity contribution in [2.24, 2.45) is 5.92 Å². The summed E-state index contributed by atoms with van der Waals surface area (Å²) in [5.74, 6) is 0.378. The second-order valence-corrected chi connectivity index (χ2v) is 8.19. The van der Waals surface area contributed by atoms with Crippen molar-refractivity contribution in [1.29, 1.82) is 0 Å². The molecule has 0 spiro atoms. The maximum absolute atomic E-state index is 11.8. The Kier molecular flexibility index (Phi) is 6.77. The fourth-order valence-corrected chi connectivity index (χ4v) is 3.44. The summed E-state index contributed by atoms with van der Waals surface area (Å²) in [5, 5.41) is 0. The lowest BCUT2D eigenvalue weighted by Gasteiger charge is -2.32. The molecule has 0 amide bonds. The molecule has 23 heavy (non-hydrogen) atoms. The van der Waals surface area contributed by atoms with E-state index in [1.54, 1.807) is 14.1 Å². The molecule has 1 fully saturated rings. The first kappa shape index (κ1) is 18.1. The molecule has 2 rings (SSSR count). The summed E-state index contributed by atoms with van der Waals surface area (Å²) >= 11 is 0. The van der Waals surface area contributed by atoms with Gasteiger partial charge >= 0.3 is 0 Å². The Labute approximate surface area is 140 Å². The van der Waals surface area contributed by atoms with Crippen molar-refractivity contribution in [2.45, 2.75) is 12.8 Å². The van der Waals surface area contributed by atoms with Crippen molar-refractivity contribution in [2.75, 3.05) is 40.3 Å². The average molecular weight is 337 g/mol. The zero-order chi connectivity index (χ0) is 16.7. The zero-order valence-corrected chi connectivity index (χ0v) is 14.8. The molecular weight excluding hydrogens is 310 g/mol. The number of nitrogens with zero attached hydrogens (tertiary/aromatic N) is 2. The minimum Gasteiger partial charge on any atom is -0.299 e. The van der Waals surface area contributed by atoms with Crippen LogP contribution in [0.2, 0.25) is 0 Å². The van der Waals surface area contributed by atoms with E-state index in [2.05, 4.69) is 33.9 Å². The molecule has 0 aliphatic carbocycles. The Balaban J connectivity index is 1.78. The standard InChI is InChI=1S/C17H27N3O2S/c1-19(2)23(21,22)18-14-17-11-7-13-20(15-17)12-6-10-16-8-4-3-5-9-16/h3-6,8-10,17-18H,7,11-15H2,1-2H3/b10-6+. The minimum atomic E-state index is -3.32. The average Bonchev–Trinajstić information content (AvgIpc) is 2.54. The summed E-state index contributed by atoms with van der Waals surface area (Å²) in [7, 11) is -0.226. The fourth-order valence-electron chi connectivity index (χ4n) is 2.74. The number of nitrogens with one attached hydrogen (secondary N) is 1. The molecule has 0 bridgehead atoms. The highest BCUT2D eigenvalue weighted by Crippen LogP contribution is 2.16. The van der Waals surface area contributed by atoms with Crippen molar-refractivity contribution < 1.29 is 8.42 Å². The van der Waals surface area contributed by atoms with Crippen LogP contribution in [0, 0.1) is 5.92 Å². The van der Waals surface area contributed by atoms with E-state index >= 15 is 0 Å². The first-order valence-corrected chi connectivity index (χ1v) is 9.52. The molecule has 5 nitrogen and oxygen atoms in total. The minimum absolute atomic E-state index is 0.378. The summed E-state index contributed by atoms with van der Waals surface area (Å²) < 4.78 is 27.4. The van der Waals surface area contributed by atoms with Crippen molar-refractivity contribution in [3.63, 3.8) is 0 Å². The van der Waals surface area contributed by atoms with Crippen LogP contribution in [0.4, 0.5) is 0 Å². The van der Waals surface area contributed by atoms with Gasteiger partial charge in [-0.25, -0.2) is 4.72 Å². The number of hydrogen-bond donors (Lipinski definition) is 1. The summed E-state index contributed by atoms with van der Waals surface area (Å²) in [6.07, 6.45) is 6.52. The molecule has 1 heterocycles. The van der Waals surface area contributed by atoms with Gasteiger partial charge in [-0.05, 0) is 30.9 Å². The van der Waals surface area contributed by atoms with Gasteiger partial charge in [-0.2, -0.15) is 12.7 Å². The van der Waals surface area contributed by atoms with Crippen LogP contribution in [0.5, 0.6) is 0 Å². The second-order valence-electron chi connectivity index (χ2n) is 6.22. The molecular formula is C17H27N3O2S.